The molecular weight excluding hydrogens is 592 g/mol. The van der Waals surface area contributed by atoms with Crippen molar-refractivity contribution in [3.63, 3.8) is 0 Å². The van der Waals surface area contributed by atoms with Crippen LogP contribution in [-0.2, 0) is 32.9 Å². The molecule has 0 aliphatic heterocycles. The lowest BCUT2D eigenvalue weighted by atomic mass is 9.66. The Labute approximate surface area is 275 Å². The summed E-state index contributed by atoms with van der Waals surface area (Å²) < 4.78 is 22.4. The maximum Gasteiger partial charge on any atom is 0.302 e. The Morgan fingerprint density at radius 1 is 0.660 bits per heavy atom. The van der Waals surface area contributed by atoms with Crippen molar-refractivity contribution in [3.8, 4) is 22.6 Å². The number of aryl methyl sites for hydroxylation is 2. The minimum atomic E-state index is -0.774. The highest BCUT2D eigenvalue weighted by Gasteiger charge is 2.47. The van der Waals surface area contributed by atoms with Crippen LogP contribution in [0.3, 0.4) is 0 Å². The number of ether oxygens (including phenoxy) is 4. The lowest BCUT2D eigenvalue weighted by Crippen LogP contribution is -2.29. The molecule has 5 aromatic rings. The van der Waals surface area contributed by atoms with Crippen LogP contribution in [0.5, 0.6) is 11.5 Å². The Kier molecular flexibility index (Phi) is 9.32. The number of carbonyl (C=O) groups is 1. The van der Waals surface area contributed by atoms with Gasteiger partial charge in [-0.3, -0.25) is 4.79 Å². The largest absolute Gasteiger partial charge is 0.491 e. The zero-order valence-corrected chi connectivity index (χ0v) is 27.3. The van der Waals surface area contributed by atoms with Crippen molar-refractivity contribution in [3.05, 3.63) is 129 Å². The zero-order chi connectivity index (χ0) is 33.1. The fraction of sp³-hybridized carbons (Fsp3) is 0.275. The van der Waals surface area contributed by atoms with Crippen molar-refractivity contribution in [2.75, 3.05) is 33.5 Å². The summed E-state index contributed by atoms with van der Waals surface area (Å²) in [6, 6.07) is 29.5. The summed E-state index contributed by atoms with van der Waals surface area (Å²) in [5.74, 6) is 1.15. The summed E-state index contributed by atoms with van der Waals surface area (Å²) in [7, 11) is 1.66. The molecule has 0 aromatic heterocycles. The first-order valence-electron chi connectivity index (χ1n) is 15.8. The normalized spacial score (nSPS) is 14.9. The van der Waals surface area contributed by atoms with E-state index in [0.29, 0.717) is 30.1 Å². The van der Waals surface area contributed by atoms with E-state index in [4.69, 9.17) is 18.9 Å². The van der Waals surface area contributed by atoms with Gasteiger partial charge >= 0.3 is 5.97 Å². The molecule has 1 aliphatic rings. The third-order valence-electron chi connectivity index (χ3n) is 9.07. The van der Waals surface area contributed by atoms with Crippen LogP contribution >= 0.6 is 0 Å². The van der Waals surface area contributed by atoms with E-state index in [0.717, 1.165) is 61.0 Å². The lowest BCUT2D eigenvalue weighted by molar-refractivity contribution is -0.141. The molecule has 0 spiro atoms. The van der Waals surface area contributed by atoms with Gasteiger partial charge in [-0.15, -0.1) is 0 Å². The first kappa shape index (κ1) is 32.3. The number of rotatable bonds is 12. The van der Waals surface area contributed by atoms with Crippen molar-refractivity contribution in [2.45, 2.75) is 39.4 Å². The van der Waals surface area contributed by atoms with Gasteiger partial charge in [0.1, 0.15) is 31.3 Å². The summed E-state index contributed by atoms with van der Waals surface area (Å²) in [5.41, 5.74) is 8.86. The second-order valence-corrected chi connectivity index (χ2v) is 12.0. The highest BCUT2D eigenvalue weighted by Crippen LogP contribution is 2.58. The monoisotopic (exact) mass is 632 g/mol. The van der Waals surface area contributed by atoms with Crippen molar-refractivity contribution in [1.82, 2.24) is 0 Å². The van der Waals surface area contributed by atoms with Gasteiger partial charge in [-0.2, -0.15) is 0 Å². The molecule has 1 unspecified atom stereocenters. The van der Waals surface area contributed by atoms with Crippen LogP contribution in [0.4, 0.5) is 0 Å². The summed E-state index contributed by atoms with van der Waals surface area (Å²) in [5, 5.41) is 23.0. The second-order valence-electron chi connectivity index (χ2n) is 12.0. The molecule has 0 saturated heterocycles. The van der Waals surface area contributed by atoms with E-state index in [1.807, 2.05) is 31.2 Å². The molecule has 47 heavy (non-hydrogen) atoms. The number of carbonyl (C=O) groups excluding carboxylic acids is 1. The topological polar surface area (TPSA) is 94.5 Å². The first-order chi connectivity index (χ1) is 22.8. The lowest BCUT2D eigenvalue weighted by Gasteiger charge is -2.35. The Bertz CT molecular complexity index is 1950. The van der Waals surface area contributed by atoms with Gasteiger partial charge < -0.3 is 29.2 Å². The van der Waals surface area contributed by atoms with E-state index in [9.17, 15) is 15.0 Å². The quantitative estimate of drug-likeness (QED) is 0.114. The summed E-state index contributed by atoms with van der Waals surface area (Å²) in [4.78, 5) is 11.2. The molecule has 6 rings (SSSR count). The van der Waals surface area contributed by atoms with E-state index in [2.05, 4.69) is 67.6 Å². The van der Waals surface area contributed by atoms with E-state index >= 15 is 0 Å². The molecule has 7 nitrogen and oxygen atoms in total. The number of aliphatic hydroxyl groups is 2. The maximum absolute atomic E-state index is 11.2. The number of esters is 1. The highest BCUT2D eigenvalue weighted by molar-refractivity contribution is 5.96. The van der Waals surface area contributed by atoms with Crippen LogP contribution < -0.4 is 9.47 Å². The molecule has 7 heteroatoms. The third-order valence-corrected chi connectivity index (χ3v) is 9.07. The van der Waals surface area contributed by atoms with Crippen LogP contribution in [0.25, 0.3) is 21.9 Å². The third kappa shape index (κ3) is 5.87. The standard InChI is InChI=1S/C40H40O7/c1-25-17-32(9-11-38(25)46-14-13-44-4)40(33-10-12-39(26(2)18-33)47-16-15-45-27(3)43)36-21-29-8-6-5-7-28(29)19-34(36)35-20-30(23-41)31(24-42)22-37(35)40/h5-12,17-22,41-42H,13-16,23-24H2,1-4H3. The molecule has 0 amide bonds. The number of benzene rings is 5. The molecule has 0 fully saturated rings. The van der Waals surface area contributed by atoms with Gasteiger partial charge in [0.15, 0.2) is 0 Å². The number of fused-ring (bicyclic) bond motifs is 4. The van der Waals surface area contributed by atoms with Gasteiger partial charge in [-0.05, 0) is 111 Å². The fourth-order valence-corrected chi connectivity index (χ4v) is 6.89. The molecular formula is C40H40O7. The molecule has 0 heterocycles. The predicted octanol–water partition coefficient (Wildman–Crippen LogP) is 6.77. The van der Waals surface area contributed by atoms with Crippen molar-refractivity contribution >= 4 is 16.7 Å². The average Bonchev–Trinajstić information content (AvgIpc) is 3.35. The summed E-state index contributed by atoms with van der Waals surface area (Å²) >= 11 is 0. The number of aliphatic hydroxyl groups excluding tert-OH is 2. The Morgan fingerprint density at radius 2 is 1.19 bits per heavy atom. The molecule has 0 bridgehead atoms. The molecule has 242 valence electrons. The van der Waals surface area contributed by atoms with Gasteiger partial charge in [0, 0.05) is 14.0 Å². The van der Waals surface area contributed by atoms with Gasteiger partial charge in [-0.25, -0.2) is 0 Å². The molecule has 2 N–H and O–H groups in total. The number of methoxy groups -OCH3 is 1. The van der Waals surface area contributed by atoms with E-state index in [-0.39, 0.29) is 32.4 Å². The minimum absolute atomic E-state index is 0.170. The number of hydrogen-bond donors (Lipinski definition) is 2. The molecule has 0 saturated carbocycles. The smallest absolute Gasteiger partial charge is 0.302 e. The minimum Gasteiger partial charge on any atom is -0.491 e. The van der Waals surface area contributed by atoms with Crippen LogP contribution in [0.1, 0.15) is 51.4 Å². The Hall–Kier alpha value is -4.69. The van der Waals surface area contributed by atoms with Gasteiger partial charge in [0.2, 0.25) is 0 Å². The van der Waals surface area contributed by atoms with Crippen molar-refractivity contribution in [1.29, 1.82) is 0 Å². The van der Waals surface area contributed by atoms with Crippen LogP contribution in [-0.4, -0.2) is 49.7 Å². The van der Waals surface area contributed by atoms with E-state index in [1.54, 1.807) is 7.11 Å². The Morgan fingerprint density at radius 3 is 1.74 bits per heavy atom. The highest BCUT2D eigenvalue weighted by atomic mass is 16.6. The van der Waals surface area contributed by atoms with Crippen molar-refractivity contribution < 1.29 is 34.0 Å². The Balaban J connectivity index is 1.62. The number of hydrogen-bond acceptors (Lipinski definition) is 7. The van der Waals surface area contributed by atoms with E-state index in [1.165, 1.54) is 6.92 Å². The van der Waals surface area contributed by atoms with Gasteiger partial charge in [0.05, 0.1) is 25.2 Å². The summed E-state index contributed by atoms with van der Waals surface area (Å²) in [6.45, 7) is 6.43. The first-order valence-corrected chi connectivity index (χ1v) is 15.8. The second kappa shape index (κ2) is 13.6. The summed E-state index contributed by atoms with van der Waals surface area (Å²) in [6.07, 6.45) is 0. The molecule has 0 radical (unpaired) electrons. The maximum atomic E-state index is 11.2. The molecule has 5 aromatic carbocycles. The molecule has 1 atom stereocenters. The van der Waals surface area contributed by atoms with Crippen LogP contribution in [0.15, 0.2) is 84.9 Å². The predicted molar refractivity (Wildman–Crippen MR) is 182 cm³/mol. The molecule has 1 aliphatic carbocycles. The fourth-order valence-electron chi connectivity index (χ4n) is 6.89. The van der Waals surface area contributed by atoms with E-state index < -0.39 is 5.41 Å². The van der Waals surface area contributed by atoms with Gasteiger partial charge in [-0.1, -0.05) is 54.6 Å². The zero-order valence-electron chi connectivity index (χ0n) is 27.3. The van der Waals surface area contributed by atoms with Gasteiger partial charge in [0.25, 0.3) is 0 Å². The van der Waals surface area contributed by atoms with Crippen LogP contribution in [0.2, 0.25) is 0 Å². The van der Waals surface area contributed by atoms with Crippen molar-refractivity contribution in [2.24, 2.45) is 0 Å². The van der Waals surface area contributed by atoms with Crippen LogP contribution in [0, 0.1) is 13.8 Å². The average molecular weight is 633 g/mol. The SMILES string of the molecule is COCCOc1ccc(C2(c3ccc(OCCOC(C)=O)c(C)c3)c3cc(CO)c(CO)cc3-c3cc4ccccc4cc32)cc1C.